The van der Waals surface area contributed by atoms with Crippen LogP contribution in [0.2, 0.25) is 0 Å². The average molecular weight is 389 g/mol. The van der Waals surface area contributed by atoms with E-state index in [2.05, 4.69) is 15.8 Å². The molecule has 26 heavy (non-hydrogen) atoms. The molecule has 0 bridgehead atoms. The highest BCUT2D eigenvalue weighted by Gasteiger charge is 2.15. The van der Waals surface area contributed by atoms with Crippen molar-refractivity contribution in [2.45, 2.75) is 0 Å². The first-order chi connectivity index (χ1) is 12.6. The Labute approximate surface area is 157 Å². The Balaban J connectivity index is 1.69. The van der Waals surface area contributed by atoms with Crippen LogP contribution in [0, 0.1) is 0 Å². The quantitative estimate of drug-likeness (QED) is 0.655. The lowest BCUT2D eigenvalue weighted by atomic mass is 10.2. The normalized spacial score (nSPS) is 10.2. The molecule has 9 heteroatoms. The highest BCUT2D eigenvalue weighted by Crippen LogP contribution is 2.33. The standard InChI is InChI=1S/C17H15N3O4S2/c1-23-12-6-5-10(8-13(12)24-2)17-18-11(9-26-17)15(21)19-20-16(22)14-4-3-7-25-14/h3-9H,1-2H3,(H,19,21)(H,20,22). The number of amides is 2. The van der Waals surface area contributed by atoms with Gasteiger partial charge in [-0.1, -0.05) is 6.07 Å². The van der Waals surface area contributed by atoms with E-state index in [0.717, 1.165) is 5.56 Å². The van der Waals surface area contributed by atoms with Gasteiger partial charge in [0.1, 0.15) is 10.7 Å². The van der Waals surface area contributed by atoms with Crippen LogP contribution in [0.5, 0.6) is 11.5 Å². The van der Waals surface area contributed by atoms with Crippen LogP contribution in [0.3, 0.4) is 0 Å². The van der Waals surface area contributed by atoms with Crippen molar-refractivity contribution in [3.05, 3.63) is 51.7 Å². The van der Waals surface area contributed by atoms with E-state index in [4.69, 9.17) is 9.47 Å². The van der Waals surface area contributed by atoms with Gasteiger partial charge >= 0.3 is 0 Å². The minimum absolute atomic E-state index is 0.214. The number of nitrogens with one attached hydrogen (secondary N) is 2. The minimum Gasteiger partial charge on any atom is -0.493 e. The van der Waals surface area contributed by atoms with E-state index >= 15 is 0 Å². The number of rotatable bonds is 5. The van der Waals surface area contributed by atoms with E-state index in [0.29, 0.717) is 21.4 Å². The van der Waals surface area contributed by atoms with Gasteiger partial charge in [0.15, 0.2) is 11.5 Å². The van der Waals surface area contributed by atoms with Crippen LogP contribution in [-0.2, 0) is 0 Å². The summed E-state index contributed by atoms with van der Waals surface area (Å²) in [6.45, 7) is 0. The van der Waals surface area contributed by atoms with Crippen LogP contribution in [-0.4, -0.2) is 31.0 Å². The second-order valence-electron chi connectivity index (χ2n) is 4.99. The Morgan fingerprint density at radius 3 is 2.46 bits per heavy atom. The Bertz CT molecular complexity index is 922. The number of aromatic nitrogens is 1. The molecule has 0 aliphatic carbocycles. The van der Waals surface area contributed by atoms with Crippen molar-refractivity contribution in [2.75, 3.05) is 14.2 Å². The van der Waals surface area contributed by atoms with E-state index < -0.39 is 5.91 Å². The van der Waals surface area contributed by atoms with Crippen molar-refractivity contribution < 1.29 is 19.1 Å². The lowest BCUT2D eigenvalue weighted by Crippen LogP contribution is -2.41. The molecule has 0 atom stereocenters. The summed E-state index contributed by atoms with van der Waals surface area (Å²) in [5.74, 6) is 0.332. The molecule has 0 unspecified atom stereocenters. The van der Waals surface area contributed by atoms with Gasteiger partial charge in [0.05, 0.1) is 19.1 Å². The number of benzene rings is 1. The monoisotopic (exact) mass is 389 g/mol. The van der Waals surface area contributed by atoms with Gasteiger partial charge < -0.3 is 9.47 Å². The predicted molar refractivity (Wildman–Crippen MR) is 99.9 cm³/mol. The zero-order chi connectivity index (χ0) is 18.5. The topological polar surface area (TPSA) is 89.5 Å². The molecule has 2 N–H and O–H groups in total. The molecule has 0 spiro atoms. The third kappa shape index (κ3) is 3.84. The zero-order valence-electron chi connectivity index (χ0n) is 13.9. The van der Waals surface area contributed by atoms with Crippen LogP contribution < -0.4 is 20.3 Å². The Hall–Kier alpha value is -2.91. The number of carbonyl (C=O) groups excluding carboxylic acids is 2. The summed E-state index contributed by atoms with van der Waals surface area (Å²) >= 11 is 2.60. The lowest BCUT2D eigenvalue weighted by molar-refractivity contribution is 0.0846. The highest BCUT2D eigenvalue weighted by molar-refractivity contribution is 7.13. The lowest BCUT2D eigenvalue weighted by Gasteiger charge is -2.08. The first-order valence-corrected chi connectivity index (χ1v) is 9.20. The van der Waals surface area contributed by atoms with Gasteiger partial charge in [-0.3, -0.25) is 20.4 Å². The van der Waals surface area contributed by atoms with Crippen molar-refractivity contribution in [1.82, 2.24) is 15.8 Å². The van der Waals surface area contributed by atoms with Crippen LogP contribution >= 0.6 is 22.7 Å². The second kappa shape index (κ2) is 7.98. The number of thiophene rings is 1. The third-order valence-electron chi connectivity index (χ3n) is 3.40. The van der Waals surface area contributed by atoms with Gasteiger partial charge in [-0.25, -0.2) is 4.98 Å². The van der Waals surface area contributed by atoms with Gasteiger partial charge in [-0.2, -0.15) is 0 Å². The summed E-state index contributed by atoms with van der Waals surface area (Å²) in [5, 5.41) is 4.06. The smallest absolute Gasteiger partial charge is 0.289 e. The fourth-order valence-electron chi connectivity index (χ4n) is 2.13. The summed E-state index contributed by atoms with van der Waals surface area (Å²) in [5.41, 5.74) is 5.74. The Kier molecular flexibility index (Phi) is 5.49. The molecular formula is C17H15N3O4S2. The number of thiazole rings is 1. The molecule has 0 fully saturated rings. The van der Waals surface area contributed by atoms with E-state index in [9.17, 15) is 9.59 Å². The molecule has 7 nitrogen and oxygen atoms in total. The molecule has 2 amide bonds. The molecule has 1 aromatic carbocycles. The number of nitrogens with zero attached hydrogens (tertiary/aromatic N) is 1. The molecule has 3 aromatic rings. The number of hydrogen-bond acceptors (Lipinski definition) is 7. The Morgan fingerprint density at radius 1 is 1.00 bits per heavy atom. The van der Waals surface area contributed by atoms with Gasteiger partial charge in [-0.05, 0) is 29.6 Å². The highest BCUT2D eigenvalue weighted by atomic mass is 32.1. The SMILES string of the molecule is COc1ccc(-c2nc(C(=O)NNC(=O)c3cccs3)cs2)cc1OC. The maximum atomic E-state index is 12.2. The van der Waals surface area contributed by atoms with Crippen molar-refractivity contribution in [2.24, 2.45) is 0 Å². The predicted octanol–water partition coefficient (Wildman–Crippen LogP) is 2.96. The zero-order valence-corrected chi connectivity index (χ0v) is 15.6. The van der Waals surface area contributed by atoms with Gasteiger partial charge in [0.25, 0.3) is 11.8 Å². The summed E-state index contributed by atoms with van der Waals surface area (Å²) in [7, 11) is 3.12. The van der Waals surface area contributed by atoms with Gasteiger partial charge in [0, 0.05) is 10.9 Å². The summed E-state index contributed by atoms with van der Waals surface area (Å²) in [6.07, 6.45) is 0. The van der Waals surface area contributed by atoms with E-state index in [1.807, 2.05) is 6.07 Å². The fourth-order valence-corrected chi connectivity index (χ4v) is 3.54. The van der Waals surface area contributed by atoms with E-state index in [-0.39, 0.29) is 11.6 Å². The first kappa shape index (κ1) is 17.9. The molecule has 2 aromatic heterocycles. The number of carbonyl (C=O) groups is 2. The summed E-state index contributed by atoms with van der Waals surface area (Å²) in [4.78, 5) is 28.8. The van der Waals surface area contributed by atoms with Gasteiger partial charge in [-0.15, -0.1) is 22.7 Å². The van der Waals surface area contributed by atoms with E-state index in [1.165, 1.54) is 22.7 Å². The summed E-state index contributed by atoms with van der Waals surface area (Å²) < 4.78 is 10.5. The van der Waals surface area contributed by atoms with E-state index in [1.54, 1.807) is 49.2 Å². The first-order valence-electron chi connectivity index (χ1n) is 7.44. The van der Waals surface area contributed by atoms with Crippen molar-refractivity contribution in [3.8, 4) is 22.1 Å². The minimum atomic E-state index is -0.488. The van der Waals surface area contributed by atoms with Crippen LogP contribution in [0.4, 0.5) is 0 Å². The molecule has 0 saturated carbocycles. The summed E-state index contributed by atoms with van der Waals surface area (Å²) in [6, 6.07) is 8.83. The molecular weight excluding hydrogens is 374 g/mol. The second-order valence-corrected chi connectivity index (χ2v) is 6.80. The third-order valence-corrected chi connectivity index (χ3v) is 5.16. The van der Waals surface area contributed by atoms with Crippen LogP contribution in [0.1, 0.15) is 20.2 Å². The maximum absolute atomic E-state index is 12.2. The van der Waals surface area contributed by atoms with Crippen LogP contribution in [0.15, 0.2) is 41.1 Å². The number of hydrazine groups is 1. The number of hydrogen-bond donors (Lipinski definition) is 2. The Morgan fingerprint density at radius 2 is 1.77 bits per heavy atom. The largest absolute Gasteiger partial charge is 0.493 e. The van der Waals surface area contributed by atoms with Crippen molar-refractivity contribution in [3.63, 3.8) is 0 Å². The maximum Gasteiger partial charge on any atom is 0.289 e. The number of methoxy groups -OCH3 is 2. The van der Waals surface area contributed by atoms with Crippen LogP contribution in [0.25, 0.3) is 10.6 Å². The van der Waals surface area contributed by atoms with Gasteiger partial charge in [0.2, 0.25) is 0 Å². The molecule has 2 heterocycles. The van der Waals surface area contributed by atoms with Crippen molar-refractivity contribution >= 4 is 34.5 Å². The molecule has 3 rings (SSSR count). The molecule has 134 valence electrons. The molecule has 0 radical (unpaired) electrons. The fraction of sp³-hybridized carbons (Fsp3) is 0.118. The molecule has 0 aliphatic rings. The number of ether oxygens (including phenoxy) is 2. The average Bonchev–Trinajstić information content (AvgIpc) is 3.37. The molecule has 0 aliphatic heterocycles. The molecule has 0 saturated heterocycles. The van der Waals surface area contributed by atoms with Crippen molar-refractivity contribution in [1.29, 1.82) is 0 Å².